The molecule has 1 unspecified atom stereocenters. The van der Waals surface area contributed by atoms with Crippen LogP contribution in [0.4, 0.5) is 13.2 Å². The first-order valence-electron chi connectivity index (χ1n) is 6.57. The molecule has 0 amide bonds. The molecule has 0 aromatic heterocycles. The monoisotopic (exact) mass is 363 g/mol. The number of carbonyl (C=O) groups is 1. The Morgan fingerprint density at radius 3 is 2.21 bits per heavy atom. The number of amidine groups is 1. The lowest BCUT2D eigenvalue weighted by atomic mass is 10.0. The number of hydrogen-bond donors (Lipinski definition) is 3. The molecule has 6 nitrogen and oxygen atoms in total. The lowest BCUT2D eigenvalue weighted by Gasteiger charge is -2.16. The number of carboxylic acids is 1. The second kappa shape index (κ2) is 8.04. The summed E-state index contributed by atoms with van der Waals surface area (Å²) in [5, 5.41) is 21.8. The van der Waals surface area contributed by atoms with E-state index in [2.05, 4.69) is 15.5 Å². The number of rotatable bonds is 1. The molecule has 1 aromatic rings. The minimum absolute atomic E-state index is 0.0725. The standard InChI is InChI=1S/C12H15N3OS.C2HF3O2/c1-7-4-9(5-8(2)11(7)16)10-6-13-15-12(14-10)17-3;3-2(4,5)1(6)7/h4-6,10,16H,1-3H3,(H,14,15);(H,6,7). The Hall–Kier alpha value is -2.23. The van der Waals surface area contributed by atoms with E-state index < -0.39 is 12.1 Å². The van der Waals surface area contributed by atoms with E-state index in [1.165, 1.54) is 11.8 Å². The first kappa shape index (κ1) is 19.8. The average molecular weight is 363 g/mol. The number of aryl methyl sites for hydroxylation is 2. The molecule has 10 heteroatoms. The summed E-state index contributed by atoms with van der Waals surface area (Å²) in [6, 6.07) is 3.83. The number of nitrogens with one attached hydrogen (secondary N) is 1. The number of thioether (sulfide) groups is 1. The van der Waals surface area contributed by atoms with Gasteiger partial charge in [-0.05, 0) is 48.9 Å². The Bertz CT molecular complexity index is 652. The van der Waals surface area contributed by atoms with Gasteiger partial charge in [-0.3, -0.25) is 5.43 Å². The van der Waals surface area contributed by atoms with Crippen molar-refractivity contribution in [2.75, 3.05) is 6.26 Å². The van der Waals surface area contributed by atoms with Gasteiger partial charge in [-0.15, -0.1) is 0 Å². The Balaban J connectivity index is 0.000000351. The summed E-state index contributed by atoms with van der Waals surface area (Å²) < 4.78 is 31.7. The predicted molar refractivity (Wildman–Crippen MR) is 86.6 cm³/mol. The van der Waals surface area contributed by atoms with Crippen molar-refractivity contribution in [3.8, 4) is 5.75 Å². The van der Waals surface area contributed by atoms with Gasteiger partial charge in [0, 0.05) is 0 Å². The molecular formula is C14H16F3N3O3S. The van der Waals surface area contributed by atoms with Crippen molar-refractivity contribution in [3.05, 3.63) is 28.8 Å². The molecule has 1 aliphatic heterocycles. The fourth-order valence-electron chi connectivity index (χ4n) is 1.77. The van der Waals surface area contributed by atoms with Gasteiger partial charge < -0.3 is 10.2 Å². The van der Waals surface area contributed by atoms with Crippen molar-refractivity contribution in [1.82, 2.24) is 5.43 Å². The van der Waals surface area contributed by atoms with Gasteiger partial charge in [0.2, 0.25) is 0 Å². The summed E-state index contributed by atoms with van der Waals surface area (Å²) in [6.45, 7) is 3.78. The molecule has 24 heavy (non-hydrogen) atoms. The first-order chi connectivity index (χ1) is 11.1. The van der Waals surface area contributed by atoms with Crippen LogP contribution in [-0.4, -0.2) is 40.0 Å². The van der Waals surface area contributed by atoms with Gasteiger partial charge in [0.25, 0.3) is 0 Å². The minimum atomic E-state index is -5.08. The number of halogens is 3. The minimum Gasteiger partial charge on any atom is -0.507 e. The SMILES string of the molecule is CSC1=NC(c2cc(C)c(O)c(C)c2)C=NN1.O=C(O)C(F)(F)F. The number of hydrogen-bond acceptors (Lipinski definition) is 6. The van der Waals surface area contributed by atoms with E-state index in [0.29, 0.717) is 5.75 Å². The zero-order valence-corrected chi connectivity index (χ0v) is 13.9. The van der Waals surface area contributed by atoms with Crippen molar-refractivity contribution >= 4 is 29.1 Å². The van der Waals surface area contributed by atoms with Crippen LogP contribution in [0.2, 0.25) is 0 Å². The summed E-state index contributed by atoms with van der Waals surface area (Å²) in [5.41, 5.74) is 5.63. The number of carboxylic acid groups (broad SMARTS) is 1. The van der Waals surface area contributed by atoms with Crippen LogP contribution in [0, 0.1) is 13.8 Å². The van der Waals surface area contributed by atoms with Crippen molar-refractivity contribution in [3.63, 3.8) is 0 Å². The van der Waals surface area contributed by atoms with Gasteiger partial charge >= 0.3 is 12.1 Å². The number of hydrazone groups is 1. The molecule has 3 N–H and O–H groups in total. The van der Waals surface area contributed by atoms with Gasteiger partial charge in [0.05, 0.1) is 6.21 Å². The molecule has 2 rings (SSSR count). The maximum atomic E-state index is 10.6. The summed E-state index contributed by atoms with van der Waals surface area (Å²) in [5.74, 6) is -2.40. The van der Waals surface area contributed by atoms with Crippen LogP contribution < -0.4 is 5.43 Å². The maximum absolute atomic E-state index is 10.6. The van der Waals surface area contributed by atoms with Crippen LogP contribution in [0.15, 0.2) is 22.2 Å². The van der Waals surface area contributed by atoms with Crippen LogP contribution in [0.3, 0.4) is 0 Å². The van der Waals surface area contributed by atoms with Crippen LogP contribution in [0.25, 0.3) is 0 Å². The smallest absolute Gasteiger partial charge is 0.490 e. The lowest BCUT2D eigenvalue weighted by molar-refractivity contribution is -0.192. The van der Waals surface area contributed by atoms with Crippen LogP contribution in [0.1, 0.15) is 22.7 Å². The summed E-state index contributed by atoms with van der Waals surface area (Å²) in [7, 11) is 0. The fraction of sp³-hybridized carbons (Fsp3) is 0.357. The number of phenolic OH excluding ortho intramolecular Hbond substituents is 1. The molecule has 0 saturated carbocycles. The molecule has 0 fully saturated rings. The predicted octanol–water partition coefficient (Wildman–Crippen LogP) is 2.99. The molecule has 132 valence electrons. The third kappa shape index (κ3) is 5.44. The van der Waals surface area contributed by atoms with Crippen LogP contribution in [0.5, 0.6) is 5.75 Å². The van der Waals surface area contributed by atoms with Crippen molar-refractivity contribution in [2.24, 2.45) is 10.1 Å². The molecule has 0 aliphatic carbocycles. The fourth-order valence-corrected chi connectivity index (χ4v) is 2.13. The third-order valence-corrected chi connectivity index (χ3v) is 3.51. The normalized spacial score (nSPS) is 16.6. The third-order valence-electron chi connectivity index (χ3n) is 2.92. The van der Waals surface area contributed by atoms with E-state index in [1.807, 2.05) is 32.2 Å². The zero-order valence-electron chi connectivity index (χ0n) is 13.0. The average Bonchev–Trinajstić information content (AvgIpc) is 2.52. The number of aliphatic imine (C=N–C) groups is 1. The quantitative estimate of drug-likeness (QED) is 0.713. The summed E-state index contributed by atoms with van der Waals surface area (Å²) in [4.78, 5) is 13.4. The topological polar surface area (TPSA) is 94.3 Å². The molecule has 1 aromatic carbocycles. The number of aliphatic carboxylic acids is 1. The van der Waals surface area contributed by atoms with Gasteiger partial charge in [0.1, 0.15) is 11.8 Å². The Morgan fingerprint density at radius 2 is 1.79 bits per heavy atom. The van der Waals surface area contributed by atoms with E-state index in [-0.39, 0.29) is 6.04 Å². The number of phenols is 1. The van der Waals surface area contributed by atoms with Gasteiger partial charge in [-0.25, -0.2) is 9.79 Å². The molecule has 0 bridgehead atoms. The Kier molecular flexibility index (Phi) is 6.64. The lowest BCUT2D eigenvalue weighted by Crippen LogP contribution is -2.21. The number of alkyl halides is 3. The Labute approximate surface area is 140 Å². The van der Waals surface area contributed by atoms with Crippen molar-refractivity contribution in [2.45, 2.75) is 26.1 Å². The van der Waals surface area contributed by atoms with Gasteiger partial charge in [-0.2, -0.15) is 18.3 Å². The number of benzene rings is 1. The highest BCUT2D eigenvalue weighted by atomic mass is 32.2. The van der Waals surface area contributed by atoms with E-state index in [1.54, 1.807) is 6.21 Å². The second-order valence-corrected chi connectivity index (χ2v) is 5.57. The highest BCUT2D eigenvalue weighted by Crippen LogP contribution is 2.28. The molecular weight excluding hydrogens is 347 g/mol. The summed E-state index contributed by atoms with van der Waals surface area (Å²) in [6.07, 6.45) is -1.36. The number of aromatic hydroxyl groups is 1. The first-order valence-corrected chi connectivity index (χ1v) is 7.80. The largest absolute Gasteiger partial charge is 0.507 e. The highest BCUT2D eigenvalue weighted by Gasteiger charge is 2.38. The van der Waals surface area contributed by atoms with E-state index in [4.69, 9.17) is 9.90 Å². The Morgan fingerprint density at radius 1 is 1.29 bits per heavy atom. The maximum Gasteiger partial charge on any atom is 0.490 e. The highest BCUT2D eigenvalue weighted by molar-refractivity contribution is 8.13. The van der Waals surface area contributed by atoms with Crippen molar-refractivity contribution < 1.29 is 28.2 Å². The molecule has 1 heterocycles. The molecule has 0 saturated heterocycles. The van der Waals surface area contributed by atoms with E-state index >= 15 is 0 Å². The second-order valence-electron chi connectivity index (χ2n) is 4.78. The van der Waals surface area contributed by atoms with Crippen LogP contribution >= 0.6 is 11.8 Å². The van der Waals surface area contributed by atoms with Gasteiger partial charge in [0.15, 0.2) is 5.17 Å². The van der Waals surface area contributed by atoms with Crippen LogP contribution in [-0.2, 0) is 4.79 Å². The molecule has 1 aliphatic rings. The molecule has 1 atom stereocenters. The zero-order chi connectivity index (χ0) is 18.5. The summed E-state index contributed by atoms with van der Waals surface area (Å²) >= 11 is 1.53. The number of nitrogens with zero attached hydrogens (tertiary/aromatic N) is 2. The van der Waals surface area contributed by atoms with E-state index in [0.717, 1.165) is 21.9 Å². The van der Waals surface area contributed by atoms with E-state index in [9.17, 15) is 18.3 Å². The van der Waals surface area contributed by atoms with Gasteiger partial charge in [-0.1, -0.05) is 11.8 Å². The molecule has 0 radical (unpaired) electrons. The molecule has 0 spiro atoms. The van der Waals surface area contributed by atoms with Crippen molar-refractivity contribution in [1.29, 1.82) is 0 Å².